The van der Waals surface area contributed by atoms with E-state index in [1.54, 1.807) is 13.0 Å². The van der Waals surface area contributed by atoms with Gasteiger partial charge in [-0.25, -0.2) is 4.79 Å². The van der Waals surface area contributed by atoms with Crippen molar-refractivity contribution < 1.29 is 14.3 Å². The molecular weight excluding hydrogens is 326 g/mol. The largest absolute Gasteiger partial charge is 0.452 e. The van der Waals surface area contributed by atoms with Gasteiger partial charge >= 0.3 is 17.1 Å². The number of amides is 1. The zero-order chi connectivity index (χ0) is 18.6. The van der Waals surface area contributed by atoms with Crippen molar-refractivity contribution in [3.05, 3.63) is 44.5 Å². The Hall–Kier alpha value is -2.90. The van der Waals surface area contributed by atoms with Crippen LogP contribution < -0.4 is 16.4 Å². The first-order valence-corrected chi connectivity index (χ1v) is 8.10. The van der Waals surface area contributed by atoms with Gasteiger partial charge in [-0.3, -0.25) is 14.4 Å². The summed E-state index contributed by atoms with van der Waals surface area (Å²) >= 11 is 0. The summed E-state index contributed by atoms with van der Waals surface area (Å²) in [5.74, 6) is -1.06. The topological polar surface area (TPSA) is 110 Å². The van der Waals surface area contributed by atoms with E-state index in [1.807, 2.05) is 13.8 Å². The van der Waals surface area contributed by atoms with Crippen molar-refractivity contribution >= 4 is 22.9 Å². The summed E-state index contributed by atoms with van der Waals surface area (Å²) in [5, 5.41) is 2.69. The maximum atomic E-state index is 12.1. The first-order chi connectivity index (χ1) is 11.9. The number of carbonyl (C=O) groups excluding carboxylic acids is 2. The molecule has 0 saturated heterocycles. The van der Waals surface area contributed by atoms with Crippen molar-refractivity contribution in [1.29, 1.82) is 0 Å². The Labute approximate surface area is 143 Å². The number of aryl methyl sites for hydroxylation is 1. The van der Waals surface area contributed by atoms with Crippen molar-refractivity contribution in [2.45, 2.75) is 39.8 Å². The quantitative estimate of drug-likeness (QED) is 0.593. The molecule has 0 aliphatic rings. The number of esters is 1. The third-order valence-corrected chi connectivity index (χ3v) is 3.88. The molecular formula is C17H21N3O5. The second kappa shape index (κ2) is 7.78. The molecule has 0 bridgehead atoms. The van der Waals surface area contributed by atoms with Crippen LogP contribution in [-0.4, -0.2) is 34.1 Å². The number of carbonyl (C=O) groups is 2. The highest BCUT2D eigenvalue weighted by molar-refractivity contribution is 5.94. The number of nitrogens with one attached hydrogen (secondary N) is 2. The zero-order valence-corrected chi connectivity index (χ0v) is 14.4. The van der Waals surface area contributed by atoms with E-state index in [1.165, 1.54) is 16.7 Å². The molecule has 1 heterocycles. The van der Waals surface area contributed by atoms with E-state index >= 15 is 0 Å². The molecule has 2 N–H and O–H groups in total. The van der Waals surface area contributed by atoms with Crippen LogP contribution in [0.4, 0.5) is 0 Å². The number of hydrogen-bond acceptors (Lipinski definition) is 5. The molecule has 0 radical (unpaired) electrons. The minimum absolute atomic E-state index is 0.00252. The summed E-state index contributed by atoms with van der Waals surface area (Å²) in [7, 11) is 0. The second-order valence-electron chi connectivity index (χ2n) is 5.69. The second-order valence-corrected chi connectivity index (χ2v) is 5.69. The number of ether oxygens (including phenoxy) is 1. The maximum absolute atomic E-state index is 12.1. The highest BCUT2D eigenvalue weighted by atomic mass is 16.5. The van der Waals surface area contributed by atoms with Gasteiger partial charge in [0.05, 0.1) is 16.6 Å². The molecule has 134 valence electrons. The highest BCUT2D eigenvalue weighted by Crippen LogP contribution is 2.12. The van der Waals surface area contributed by atoms with E-state index in [9.17, 15) is 19.2 Å². The molecule has 8 nitrogen and oxygen atoms in total. The Morgan fingerprint density at radius 2 is 2.00 bits per heavy atom. The van der Waals surface area contributed by atoms with E-state index in [0.717, 1.165) is 6.42 Å². The van der Waals surface area contributed by atoms with Crippen LogP contribution in [0.2, 0.25) is 0 Å². The molecule has 0 fully saturated rings. The van der Waals surface area contributed by atoms with Gasteiger partial charge in [0.25, 0.3) is 5.91 Å². The minimum atomic E-state index is -0.757. The van der Waals surface area contributed by atoms with Gasteiger partial charge in [-0.2, -0.15) is 0 Å². The summed E-state index contributed by atoms with van der Waals surface area (Å²) in [6, 6.07) is 4.48. The van der Waals surface area contributed by atoms with Crippen LogP contribution in [-0.2, 0) is 16.1 Å². The number of benzene rings is 1. The van der Waals surface area contributed by atoms with Gasteiger partial charge in [0.2, 0.25) is 0 Å². The lowest BCUT2D eigenvalue weighted by Crippen LogP contribution is -2.36. The van der Waals surface area contributed by atoms with Crippen LogP contribution in [0.1, 0.15) is 37.6 Å². The lowest BCUT2D eigenvalue weighted by Gasteiger charge is -2.12. The lowest BCUT2D eigenvalue weighted by atomic mass is 10.2. The number of nitrogens with zero attached hydrogens (tertiary/aromatic N) is 1. The number of fused-ring (bicyclic) bond motifs is 1. The molecule has 1 aromatic carbocycles. The van der Waals surface area contributed by atoms with Crippen LogP contribution in [0.25, 0.3) is 11.0 Å². The SMILES string of the molecule is CCC(C)NC(=O)COC(=O)c1ccc2c(c1)[nH]c(=O)c(=O)n2CC. The van der Waals surface area contributed by atoms with Crippen molar-refractivity contribution in [2.24, 2.45) is 0 Å². The summed E-state index contributed by atoms with van der Waals surface area (Å²) in [5.41, 5.74) is -0.358. The number of aromatic nitrogens is 2. The molecule has 25 heavy (non-hydrogen) atoms. The van der Waals surface area contributed by atoms with Crippen LogP contribution >= 0.6 is 0 Å². The molecule has 1 unspecified atom stereocenters. The first-order valence-electron chi connectivity index (χ1n) is 8.10. The Bertz CT molecular complexity index is 913. The fraction of sp³-hybridized carbons (Fsp3) is 0.412. The highest BCUT2D eigenvalue weighted by Gasteiger charge is 2.14. The van der Waals surface area contributed by atoms with Crippen molar-refractivity contribution in [1.82, 2.24) is 14.9 Å². The Morgan fingerprint density at radius 3 is 2.64 bits per heavy atom. The zero-order valence-electron chi connectivity index (χ0n) is 14.4. The third kappa shape index (κ3) is 4.14. The Morgan fingerprint density at radius 1 is 1.28 bits per heavy atom. The van der Waals surface area contributed by atoms with E-state index < -0.39 is 17.1 Å². The summed E-state index contributed by atoms with van der Waals surface area (Å²) in [6.07, 6.45) is 0.775. The van der Waals surface area contributed by atoms with E-state index in [0.29, 0.717) is 17.6 Å². The number of hydrogen-bond donors (Lipinski definition) is 2. The van der Waals surface area contributed by atoms with Crippen LogP contribution in [0.15, 0.2) is 27.8 Å². The smallest absolute Gasteiger partial charge is 0.338 e. The fourth-order valence-electron chi connectivity index (χ4n) is 2.35. The average Bonchev–Trinajstić information content (AvgIpc) is 2.60. The molecule has 1 aromatic heterocycles. The molecule has 0 aliphatic heterocycles. The van der Waals surface area contributed by atoms with Gasteiger partial charge in [-0.1, -0.05) is 6.92 Å². The lowest BCUT2D eigenvalue weighted by molar-refractivity contribution is -0.124. The van der Waals surface area contributed by atoms with Gasteiger partial charge < -0.3 is 19.6 Å². The van der Waals surface area contributed by atoms with Gasteiger partial charge in [0, 0.05) is 12.6 Å². The van der Waals surface area contributed by atoms with Crippen molar-refractivity contribution in [3.8, 4) is 0 Å². The molecule has 0 spiro atoms. The number of aromatic amines is 1. The Kier molecular flexibility index (Phi) is 5.74. The third-order valence-electron chi connectivity index (χ3n) is 3.88. The predicted octanol–water partition coefficient (Wildman–Crippen LogP) is 0.781. The predicted molar refractivity (Wildman–Crippen MR) is 92.7 cm³/mol. The normalized spacial score (nSPS) is 12.0. The van der Waals surface area contributed by atoms with E-state index in [-0.39, 0.29) is 24.1 Å². The minimum Gasteiger partial charge on any atom is -0.452 e. The van der Waals surface area contributed by atoms with Crippen LogP contribution in [0.3, 0.4) is 0 Å². The van der Waals surface area contributed by atoms with Gasteiger partial charge in [0.15, 0.2) is 6.61 Å². The summed E-state index contributed by atoms with van der Waals surface area (Å²) < 4.78 is 6.31. The Balaban J connectivity index is 2.20. The summed E-state index contributed by atoms with van der Waals surface area (Å²) in [6.45, 7) is 5.48. The standard InChI is InChI=1S/C17H21N3O5/c1-4-10(3)18-14(21)9-25-17(24)11-6-7-13-12(8-11)19-15(22)16(23)20(13)5-2/h6-8,10H,4-5,9H2,1-3H3,(H,18,21)(H,19,22). The monoisotopic (exact) mass is 347 g/mol. The first kappa shape index (κ1) is 18.4. The maximum Gasteiger partial charge on any atom is 0.338 e. The van der Waals surface area contributed by atoms with Crippen LogP contribution in [0, 0.1) is 0 Å². The van der Waals surface area contributed by atoms with E-state index in [2.05, 4.69) is 10.3 Å². The molecule has 0 saturated carbocycles. The van der Waals surface area contributed by atoms with Gasteiger partial charge in [-0.15, -0.1) is 0 Å². The van der Waals surface area contributed by atoms with Gasteiger partial charge in [0.1, 0.15) is 0 Å². The molecule has 8 heteroatoms. The molecule has 0 aliphatic carbocycles. The average molecular weight is 347 g/mol. The fourth-order valence-corrected chi connectivity index (χ4v) is 2.35. The van der Waals surface area contributed by atoms with Crippen LogP contribution in [0.5, 0.6) is 0 Å². The molecule has 2 rings (SSSR count). The van der Waals surface area contributed by atoms with Crippen molar-refractivity contribution in [3.63, 3.8) is 0 Å². The number of H-pyrrole nitrogens is 1. The van der Waals surface area contributed by atoms with Crippen molar-refractivity contribution in [2.75, 3.05) is 6.61 Å². The molecule has 1 atom stereocenters. The van der Waals surface area contributed by atoms with E-state index in [4.69, 9.17) is 4.74 Å². The molecule has 1 amide bonds. The van der Waals surface area contributed by atoms with Gasteiger partial charge in [-0.05, 0) is 38.5 Å². The number of rotatable bonds is 6. The summed E-state index contributed by atoms with van der Waals surface area (Å²) in [4.78, 5) is 49.7. The molecule has 2 aromatic rings.